The number of para-hydroxylation sites is 1. The molecule has 2 saturated heterocycles. The van der Waals surface area contributed by atoms with E-state index in [2.05, 4.69) is 4.90 Å². The number of piperidine rings is 1. The van der Waals surface area contributed by atoms with Crippen LogP contribution >= 0.6 is 0 Å². The van der Waals surface area contributed by atoms with Crippen molar-refractivity contribution in [3.63, 3.8) is 0 Å². The summed E-state index contributed by atoms with van der Waals surface area (Å²) in [4.78, 5) is 17.3. The first-order valence-corrected chi connectivity index (χ1v) is 9.47. The summed E-state index contributed by atoms with van der Waals surface area (Å²) < 4.78 is 10.6. The second kappa shape index (κ2) is 8.37. The van der Waals surface area contributed by atoms with Gasteiger partial charge in [-0.15, -0.1) is 0 Å². The van der Waals surface area contributed by atoms with E-state index in [0.29, 0.717) is 45.8 Å². The van der Waals surface area contributed by atoms with Crippen LogP contribution in [-0.4, -0.2) is 74.6 Å². The zero-order valence-electron chi connectivity index (χ0n) is 15.8. The monoisotopic (exact) mass is 362 g/mol. The fourth-order valence-electron chi connectivity index (χ4n) is 3.91. The molecular formula is C20H30N2O4. The molecule has 0 spiro atoms. The van der Waals surface area contributed by atoms with Crippen LogP contribution in [0.4, 0.5) is 5.69 Å². The number of carbonyl (C=O) groups excluding carboxylic acids is 1. The summed E-state index contributed by atoms with van der Waals surface area (Å²) in [6, 6.07) is 7.81. The van der Waals surface area contributed by atoms with E-state index in [1.54, 1.807) is 7.11 Å². The number of rotatable bonds is 5. The topological polar surface area (TPSA) is 62.2 Å². The van der Waals surface area contributed by atoms with Gasteiger partial charge >= 0.3 is 0 Å². The normalized spacial score (nSPS) is 26.8. The number of benzene rings is 1. The average molecular weight is 362 g/mol. The largest absolute Gasteiger partial charge is 0.389 e. The molecule has 2 heterocycles. The number of hydrogen-bond acceptors (Lipinski definition) is 5. The van der Waals surface area contributed by atoms with Crippen molar-refractivity contribution in [2.24, 2.45) is 5.92 Å². The van der Waals surface area contributed by atoms with Crippen molar-refractivity contribution in [3.05, 3.63) is 29.8 Å². The van der Waals surface area contributed by atoms with Gasteiger partial charge in [-0.3, -0.25) is 4.79 Å². The lowest BCUT2D eigenvalue weighted by atomic mass is 9.79. The third kappa shape index (κ3) is 4.03. The minimum atomic E-state index is -0.753. The SMILES string of the molecule is COCC[C@]1(O)CCN(C(=O)c2ccccc2N2CCOCC2)CC1C. The summed E-state index contributed by atoms with van der Waals surface area (Å²) in [6.07, 6.45) is 1.19. The summed E-state index contributed by atoms with van der Waals surface area (Å²) >= 11 is 0. The van der Waals surface area contributed by atoms with Crippen LogP contribution in [0.15, 0.2) is 24.3 Å². The standard InChI is InChI=1S/C20H30N2O4/c1-16-15-22(9-7-20(16,24)8-12-25-2)19(23)17-5-3-4-6-18(17)21-10-13-26-14-11-21/h3-6,16,24H,7-15H2,1-2H3/t16?,20-/m1/s1. The van der Waals surface area contributed by atoms with E-state index in [0.717, 1.165) is 24.3 Å². The van der Waals surface area contributed by atoms with Crippen molar-refractivity contribution in [2.45, 2.75) is 25.4 Å². The van der Waals surface area contributed by atoms with Crippen LogP contribution in [0.2, 0.25) is 0 Å². The highest BCUT2D eigenvalue weighted by Gasteiger charge is 2.40. The van der Waals surface area contributed by atoms with Gasteiger partial charge in [0.05, 0.1) is 24.4 Å². The van der Waals surface area contributed by atoms with Gasteiger partial charge < -0.3 is 24.4 Å². The van der Waals surface area contributed by atoms with Gasteiger partial charge in [0.15, 0.2) is 0 Å². The fourth-order valence-corrected chi connectivity index (χ4v) is 3.91. The van der Waals surface area contributed by atoms with Crippen LogP contribution in [-0.2, 0) is 9.47 Å². The lowest BCUT2D eigenvalue weighted by Crippen LogP contribution is -2.53. The number of anilines is 1. The second-order valence-electron chi connectivity index (χ2n) is 7.37. The molecule has 2 aliphatic rings. The Bertz CT molecular complexity index is 618. The number of carbonyl (C=O) groups is 1. The molecule has 2 fully saturated rings. The molecule has 0 bridgehead atoms. The van der Waals surface area contributed by atoms with Crippen molar-refractivity contribution in [3.8, 4) is 0 Å². The van der Waals surface area contributed by atoms with Gasteiger partial charge in [-0.2, -0.15) is 0 Å². The lowest BCUT2D eigenvalue weighted by Gasteiger charge is -2.43. The van der Waals surface area contributed by atoms with Crippen LogP contribution in [0, 0.1) is 5.92 Å². The molecule has 1 N–H and O–H groups in total. The summed E-state index contributed by atoms with van der Waals surface area (Å²) in [7, 11) is 1.65. The number of likely N-dealkylation sites (tertiary alicyclic amines) is 1. The zero-order chi connectivity index (χ0) is 18.6. The highest BCUT2D eigenvalue weighted by molar-refractivity contribution is 6.00. The van der Waals surface area contributed by atoms with Gasteiger partial charge in [0.2, 0.25) is 0 Å². The molecular weight excluding hydrogens is 332 g/mol. The molecule has 0 radical (unpaired) electrons. The first-order valence-electron chi connectivity index (χ1n) is 9.47. The Morgan fingerprint density at radius 3 is 2.73 bits per heavy atom. The number of methoxy groups -OCH3 is 1. The first-order chi connectivity index (χ1) is 12.5. The number of ether oxygens (including phenoxy) is 2. The van der Waals surface area contributed by atoms with Crippen LogP contribution in [0.25, 0.3) is 0 Å². The van der Waals surface area contributed by atoms with E-state index in [1.807, 2.05) is 36.1 Å². The second-order valence-corrected chi connectivity index (χ2v) is 7.37. The van der Waals surface area contributed by atoms with Crippen molar-refractivity contribution in [1.29, 1.82) is 0 Å². The van der Waals surface area contributed by atoms with E-state index in [1.165, 1.54) is 0 Å². The van der Waals surface area contributed by atoms with Crippen molar-refractivity contribution in [1.82, 2.24) is 4.90 Å². The van der Waals surface area contributed by atoms with E-state index >= 15 is 0 Å². The molecule has 1 aromatic rings. The van der Waals surface area contributed by atoms with Crippen molar-refractivity contribution in [2.75, 3.05) is 58.0 Å². The van der Waals surface area contributed by atoms with Crippen LogP contribution in [0.5, 0.6) is 0 Å². The number of nitrogens with zero attached hydrogens (tertiary/aromatic N) is 2. The van der Waals surface area contributed by atoms with Crippen LogP contribution in [0.1, 0.15) is 30.1 Å². The Labute approximate surface area is 155 Å². The Hall–Kier alpha value is -1.63. The number of aliphatic hydroxyl groups is 1. The molecule has 1 aromatic carbocycles. The molecule has 1 unspecified atom stereocenters. The van der Waals surface area contributed by atoms with Gasteiger partial charge in [-0.05, 0) is 25.0 Å². The molecule has 0 saturated carbocycles. The Morgan fingerprint density at radius 2 is 2.04 bits per heavy atom. The molecule has 2 aliphatic heterocycles. The Morgan fingerprint density at radius 1 is 1.31 bits per heavy atom. The first kappa shape index (κ1) is 19.1. The van der Waals surface area contributed by atoms with Crippen molar-refractivity contribution >= 4 is 11.6 Å². The molecule has 26 heavy (non-hydrogen) atoms. The van der Waals surface area contributed by atoms with Gasteiger partial charge in [-0.25, -0.2) is 0 Å². The maximum absolute atomic E-state index is 13.2. The molecule has 144 valence electrons. The highest BCUT2D eigenvalue weighted by Crippen LogP contribution is 2.32. The van der Waals surface area contributed by atoms with E-state index in [9.17, 15) is 9.90 Å². The summed E-state index contributed by atoms with van der Waals surface area (Å²) in [6.45, 7) is 6.68. The summed E-state index contributed by atoms with van der Waals surface area (Å²) in [5.41, 5.74) is 0.967. The number of morpholine rings is 1. The minimum Gasteiger partial charge on any atom is -0.389 e. The smallest absolute Gasteiger partial charge is 0.255 e. The predicted octanol–water partition coefficient (Wildman–Crippen LogP) is 1.77. The van der Waals surface area contributed by atoms with Gasteiger partial charge in [0.1, 0.15) is 0 Å². The Kier molecular flexibility index (Phi) is 6.16. The third-order valence-electron chi connectivity index (χ3n) is 5.74. The van der Waals surface area contributed by atoms with Crippen LogP contribution in [0.3, 0.4) is 0 Å². The predicted molar refractivity (Wildman–Crippen MR) is 101 cm³/mol. The number of amides is 1. The molecule has 3 rings (SSSR count). The molecule has 0 aromatic heterocycles. The summed E-state index contributed by atoms with van der Waals surface area (Å²) in [5.74, 6) is 0.0682. The van der Waals surface area contributed by atoms with Crippen molar-refractivity contribution < 1.29 is 19.4 Å². The summed E-state index contributed by atoms with van der Waals surface area (Å²) in [5, 5.41) is 10.9. The van der Waals surface area contributed by atoms with E-state index < -0.39 is 5.60 Å². The lowest BCUT2D eigenvalue weighted by molar-refractivity contribution is -0.0750. The maximum Gasteiger partial charge on any atom is 0.255 e. The molecule has 1 amide bonds. The third-order valence-corrected chi connectivity index (χ3v) is 5.74. The highest BCUT2D eigenvalue weighted by atomic mass is 16.5. The molecule has 0 aliphatic carbocycles. The van der Waals surface area contributed by atoms with E-state index in [-0.39, 0.29) is 11.8 Å². The number of hydrogen-bond donors (Lipinski definition) is 1. The maximum atomic E-state index is 13.2. The molecule has 2 atom stereocenters. The molecule has 6 heteroatoms. The minimum absolute atomic E-state index is 0.0194. The van der Waals surface area contributed by atoms with Crippen LogP contribution < -0.4 is 4.90 Å². The van der Waals surface area contributed by atoms with E-state index in [4.69, 9.17) is 9.47 Å². The van der Waals surface area contributed by atoms with Gasteiger partial charge in [0.25, 0.3) is 5.91 Å². The van der Waals surface area contributed by atoms with Gasteiger partial charge in [-0.1, -0.05) is 19.1 Å². The van der Waals surface area contributed by atoms with Gasteiger partial charge in [0, 0.05) is 51.5 Å². The average Bonchev–Trinajstić information content (AvgIpc) is 2.69. The molecule has 6 nitrogen and oxygen atoms in total. The zero-order valence-corrected chi connectivity index (χ0v) is 15.8. The fraction of sp³-hybridized carbons (Fsp3) is 0.650. The quantitative estimate of drug-likeness (QED) is 0.865. The Balaban J connectivity index is 1.72.